The monoisotopic (exact) mass is 450 g/mol. The van der Waals surface area contributed by atoms with E-state index in [1.54, 1.807) is 32.0 Å². The fourth-order valence-corrected chi connectivity index (χ4v) is 4.37. The zero-order chi connectivity index (χ0) is 22.8. The second-order valence-corrected chi connectivity index (χ2v) is 8.45. The van der Waals surface area contributed by atoms with Gasteiger partial charge in [-0.1, -0.05) is 12.1 Å². The van der Waals surface area contributed by atoms with Crippen molar-refractivity contribution < 1.29 is 32.3 Å². The maximum absolute atomic E-state index is 12.4. The lowest BCUT2D eigenvalue weighted by atomic mass is 10.0. The molecule has 2 amide bonds. The molecule has 2 aliphatic heterocycles. The summed E-state index contributed by atoms with van der Waals surface area (Å²) >= 11 is 0. The molecule has 2 unspecified atom stereocenters. The molecular formula is C19H22N4O7S. The molecule has 31 heavy (non-hydrogen) atoms. The predicted molar refractivity (Wildman–Crippen MR) is 109 cm³/mol. The highest BCUT2D eigenvalue weighted by Gasteiger charge is 2.32. The van der Waals surface area contributed by atoms with E-state index >= 15 is 0 Å². The Morgan fingerprint density at radius 3 is 2.65 bits per heavy atom. The first kappa shape index (κ1) is 22.3. The van der Waals surface area contributed by atoms with Crippen molar-refractivity contribution >= 4 is 33.8 Å². The van der Waals surface area contributed by atoms with Crippen LogP contribution >= 0.6 is 0 Å². The van der Waals surface area contributed by atoms with Crippen molar-refractivity contribution in [1.82, 2.24) is 15.4 Å². The van der Waals surface area contributed by atoms with Crippen LogP contribution in [-0.4, -0.2) is 57.5 Å². The van der Waals surface area contributed by atoms with Crippen LogP contribution in [0.3, 0.4) is 0 Å². The number of rotatable bonds is 6. The second-order valence-electron chi connectivity index (χ2n) is 6.80. The van der Waals surface area contributed by atoms with Gasteiger partial charge in [0.15, 0.2) is 0 Å². The third kappa shape index (κ3) is 4.68. The van der Waals surface area contributed by atoms with Gasteiger partial charge in [-0.05, 0) is 32.9 Å². The first-order valence-corrected chi connectivity index (χ1v) is 11.0. The highest BCUT2D eigenvalue weighted by atomic mass is 32.2. The Labute approximate surface area is 178 Å². The number of carbonyl (C=O) groups excluding carboxylic acids is 3. The van der Waals surface area contributed by atoms with E-state index in [0.29, 0.717) is 5.56 Å². The molecule has 0 aliphatic carbocycles. The number of fused-ring (bicyclic) bond motifs is 1. The Morgan fingerprint density at radius 2 is 1.94 bits per heavy atom. The average molecular weight is 450 g/mol. The summed E-state index contributed by atoms with van der Waals surface area (Å²) in [5.74, 6) is -1.37. The van der Waals surface area contributed by atoms with Crippen LogP contribution in [-0.2, 0) is 29.1 Å². The minimum atomic E-state index is -3.74. The zero-order valence-corrected chi connectivity index (χ0v) is 17.9. The third-order valence-electron chi connectivity index (χ3n) is 4.55. The number of esters is 2. The van der Waals surface area contributed by atoms with Crippen molar-refractivity contribution in [2.45, 2.75) is 37.8 Å². The number of amides is 2. The molecular weight excluding hydrogens is 428 g/mol. The second kappa shape index (κ2) is 8.76. The van der Waals surface area contributed by atoms with Gasteiger partial charge in [-0.15, -0.1) is 0 Å². The number of nitrogens with one attached hydrogen (secondary N) is 3. The lowest BCUT2D eigenvalue weighted by Gasteiger charge is -2.26. The largest absolute Gasteiger partial charge is 0.463 e. The highest BCUT2D eigenvalue weighted by Crippen LogP contribution is 2.22. The lowest BCUT2D eigenvalue weighted by Crippen LogP contribution is -2.50. The van der Waals surface area contributed by atoms with Crippen LogP contribution in [0.1, 0.15) is 26.3 Å². The number of hydrogen-bond acceptors (Lipinski definition) is 8. The Bertz CT molecular complexity index is 1090. The first-order chi connectivity index (χ1) is 14.6. The molecule has 0 spiro atoms. The number of ether oxygens (including phenoxy) is 2. The number of amidine groups is 1. The molecule has 0 saturated carbocycles. The van der Waals surface area contributed by atoms with E-state index in [0.717, 1.165) is 0 Å². The molecule has 3 rings (SSSR count). The van der Waals surface area contributed by atoms with E-state index in [2.05, 4.69) is 20.3 Å². The smallest absolute Gasteiger partial charge is 0.338 e. The first-order valence-electron chi connectivity index (χ1n) is 9.48. The number of sulfonamides is 1. The van der Waals surface area contributed by atoms with E-state index in [1.807, 2.05) is 0 Å². The SMILES string of the molecule is CCOC(=O)C1=C(COC(=O)C(C)N=C2NS(=O)(=O)c3ccccc32)NC(=O)NC1C. The number of aliphatic imine (C=N–C) groups is 1. The number of benzene rings is 1. The van der Waals surface area contributed by atoms with E-state index < -0.39 is 40.1 Å². The minimum Gasteiger partial charge on any atom is -0.463 e. The summed E-state index contributed by atoms with van der Waals surface area (Å²) in [7, 11) is -3.74. The summed E-state index contributed by atoms with van der Waals surface area (Å²) in [6.07, 6.45) is 0. The number of nitrogens with zero attached hydrogens (tertiary/aromatic N) is 1. The average Bonchev–Trinajstić information content (AvgIpc) is 2.96. The summed E-state index contributed by atoms with van der Waals surface area (Å²) in [5, 5.41) is 4.99. The summed E-state index contributed by atoms with van der Waals surface area (Å²) in [5.41, 5.74) is 0.606. The van der Waals surface area contributed by atoms with Crippen molar-refractivity contribution in [2.75, 3.05) is 13.2 Å². The summed E-state index contributed by atoms with van der Waals surface area (Å²) in [6.45, 7) is 4.44. The number of hydrogen-bond donors (Lipinski definition) is 3. The Morgan fingerprint density at radius 1 is 1.23 bits per heavy atom. The molecule has 3 N–H and O–H groups in total. The van der Waals surface area contributed by atoms with Gasteiger partial charge in [0.05, 0.1) is 28.8 Å². The van der Waals surface area contributed by atoms with Gasteiger partial charge in [0.1, 0.15) is 18.5 Å². The highest BCUT2D eigenvalue weighted by molar-refractivity contribution is 7.90. The van der Waals surface area contributed by atoms with Gasteiger partial charge >= 0.3 is 18.0 Å². The zero-order valence-electron chi connectivity index (χ0n) is 17.1. The van der Waals surface area contributed by atoms with Gasteiger partial charge in [0.25, 0.3) is 10.0 Å². The molecule has 12 heteroatoms. The molecule has 1 aromatic rings. The predicted octanol–water partition coefficient (Wildman–Crippen LogP) is 0.175. The quantitative estimate of drug-likeness (QED) is 0.523. The van der Waals surface area contributed by atoms with Crippen LogP contribution < -0.4 is 15.4 Å². The lowest BCUT2D eigenvalue weighted by molar-refractivity contribution is -0.144. The molecule has 0 aromatic heterocycles. The molecule has 2 atom stereocenters. The minimum absolute atomic E-state index is 0.0373. The maximum Gasteiger partial charge on any atom is 0.338 e. The summed E-state index contributed by atoms with van der Waals surface area (Å²) < 4.78 is 36.8. The maximum atomic E-state index is 12.4. The van der Waals surface area contributed by atoms with Crippen molar-refractivity contribution in [2.24, 2.45) is 4.99 Å². The Balaban J connectivity index is 1.75. The van der Waals surface area contributed by atoms with Crippen LogP contribution in [0.25, 0.3) is 0 Å². The molecule has 2 aliphatic rings. The summed E-state index contributed by atoms with van der Waals surface area (Å²) in [4.78, 5) is 40.6. The van der Waals surface area contributed by atoms with Crippen molar-refractivity contribution in [1.29, 1.82) is 0 Å². The van der Waals surface area contributed by atoms with Gasteiger partial charge < -0.3 is 20.1 Å². The van der Waals surface area contributed by atoms with Gasteiger partial charge in [-0.2, -0.15) is 0 Å². The fraction of sp³-hybridized carbons (Fsp3) is 0.368. The molecule has 0 fully saturated rings. The van der Waals surface area contributed by atoms with E-state index in [-0.39, 0.29) is 35.2 Å². The van der Waals surface area contributed by atoms with Gasteiger partial charge in [0.2, 0.25) is 0 Å². The molecule has 1 aromatic carbocycles. The van der Waals surface area contributed by atoms with Crippen molar-refractivity contribution in [3.8, 4) is 0 Å². The third-order valence-corrected chi connectivity index (χ3v) is 5.95. The van der Waals surface area contributed by atoms with Gasteiger partial charge in [-0.25, -0.2) is 22.8 Å². The van der Waals surface area contributed by atoms with Crippen molar-refractivity contribution in [3.63, 3.8) is 0 Å². The molecule has 0 bridgehead atoms. The molecule has 2 heterocycles. The Hall–Kier alpha value is -3.41. The van der Waals surface area contributed by atoms with E-state index in [1.165, 1.54) is 13.0 Å². The van der Waals surface area contributed by atoms with E-state index in [4.69, 9.17) is 9.47 Å². The normalized spacial score (nSPS) is 21.5. The van der Waals surface area contributed by atoms with Gasteiger partial charge in [-0.3, -0.25) is 9.71 Å². The summed E-state index contributed by atoms with van der Waals surface area (Å²) in [6, 6.07) is 4.02. The van der Waals surface area contributed by atoms with Gasteiger partial charge in [0, 0.05) is 5.56 Å². The molecule has 166 valence electrons. The molecule has 0 saturated heterocycles. The Kier molecular flexibility index (Phi) is 6.29. The molecule has 0 radical (unpaired) electrons. The number of urea groups is 1. The van der Waals surface area contributed by atoms with Crippen LogP contribution in [0.2, 0.25) is 0 Å². The van der Waals surface area contributed by atoms with Crippen LogP contribution in [0.4, 0.5) is 4.79 Å². The van der Waals surface area contributed by atoms with Crippen molar-refractivity contribution in [3.05, 3.63) is 41.1 Å². The van der Waals surface area contributed by atoms with Crippen LogP contribution in [0, 0.1) is 0 Å². The van der Waals surface area contributed by atoms with Crippen LogP contribution in [0.5, 0.6) is 0 Å². The number of carbonyl (C=O) groups is 3. The van der Waals surface area contributed by atoms with E-state index in [9.17, 15) is 22.8 Å². The standard InChI is InChI=1S/C19H22N4O7S/c1-4-29-18(25)15-10(2)21-19(26)22-13(15)9-30-17(24)11(3)20-16-12-7-5-6-8-14(12)31(27,28)23-16/h5-8,10-11H,4,9H2,1-3H3,(H,20,23)(H2,21,22,26). The fourth-order valence-electron chi connectivity index (χ4n) is 3.13. The topological polar surface area (TPSA) is 152 Å². The molecule has 11 nitrogen and oxygen atoms in total. The van der Waals surface area contributed by atoms with Crippen LogP contribution in [0.15, 0.2) is 45.4 Å².